The van der Waals surface area contributed by atoms with Crippen molar-refractivity contribution in [3.05, 3.63) is 62.9 Å². The molecule has 1 aromatic heterocycles. The molecule has 2 aromatic rings. The highest BCUT2D eigenvalue weighted by atomic mass is 79.9. The van der Waals surface area contributed by atoms with Crippen molar-refractivity contribution in [1.82, 2.24) is 10.3 Å². The Morgan fingerprint density at radius 3 is 2.38 bits per heavy atom. The smallest absolute Gasteiger partial charge is 0.0426 e. The van der Waals surface area contributed by atoms with Gasteiger partial charge < -0.3 is 5.32 Å². The molecule has 0 fully saturated rings. The molecule has 1 N–H and O–H groups in total. The number of hydrogen-bond donors (Lipinski definition) is 1. The van der Waals surface area contributed by atoms with E-state index in [2.05, 4.69) is 84.3 Å². The molecule has 0 aliphatic carbocycles. The summed E-state index contributed by atoms with van der Waals surface area (Å²) in [5.41, 5.74) is 6.10. The fourth-order valence-corrected chi connectivity index (χ4v) is 3.44. The average Bonchev–Trinajstić information content (AvgIpc) is 2.37. The van der Waals surface area contributed by atoms with Crippen molar-refractivity contribution in [3.63, 3.8) is 0 Å². The Morgan fingerprint density at radius 1 is 1.05 bits per heavy atom. The molecule has 1 aromatic carbocycles. The number of nitrogens with one attached hydrogen (secondary N) is 1. The lowest BCUT2D eigenvalue weighted by molar-refractivity contribution is 0.490. The second-order valence-electron chi connectivity index (χ2n) is 5.74. The summed E-state index contributed by atoms with van der Waals surface area (Å²) >= 11 is 3.53. The van der Waals surface area contributed by atoms with E-state index in [9.17, 15) is 0 Å². The van der Waals surface area contributed by atoms with Gasteiger partial charge in [0, 0.05) is 27.9 Å². The van der Waals surface area contributed by atoms with Crippen LogP contribution in [-0.2, 0) is 0 Å². The van der Waals surface area contributed by atoms with Gasteiger partial charge in [0.2, 0.25) is 0 Å². The van der Waals surface area contributed by atoms with Crippen molar-refractivity contribution in [2.45, 2.75) is 46.7 Å². The van der Waals surface area contributed by atoms with Crippen LogP contribution in [0.3, 0.4) is 0 Å². The van der Waals surface area contributed by atoms with Crippen LogP contribution in [0.15, 0.2) is 34.8 Å². The van der Waals surface area contributed by atoms with E-state index in [-0.39, 0.29) is 12.1 Å². The number of pyridine rings is 1. The highest BCUT2D eigenvalue weighted by molar-refractivity contribution is 9.10. The number of aromatic nitrogens is 1. The highest BCUT2D eigenvalue weighted by Gasteiger charge is 2.16. The Bertz CT molecular complexity index is 614. The molecule has 3 heteroatoms. The Hall–Kier alpha value is -1.19. The average molecular weight is 347 g/mol. The molecular weight excluding hydrogens is 324 g/mol. The fraction of sp³-hybridized carbons (Fsp3) is 0.389. The maximum absolute atomic E-state index is 4.60. The normalized spacial score (nSPS) is 14.0. The second-order valence-corrected chi connectivity index (χ2v) is 6.66. The van der Waals surface area contributed by atoms with Crippen molar-refractivity contribution in [1.29, 1.82) is 0 Å². The second kappa shape index (κ2) is 6.71. The van der Waals surface area contributed by atoms with E-state index >= 15 is 0 Å². The van der Waals surface area contributed by atoms with Gasteiger partial charge in [0.25, 0.3) is 0 Å². The minimum absolute atomic E-state index is 0.270. The first-order valence-corrected chi connectivity index (χ1v) is 8.14. The van der Waals surface area contributed by atoms with Gasteiger partial charge >= 0.3 is 0 Å². The van der Waals surface area contributed by atoms with E-state index in [1.165, 1.54) is 16.7 Å². The van der Waals surface area contributed by atoms with E-state index in [0.717, 1.165) is 15.9 Å². The Morgan fingerprint density at radius 2 is 1.76 bits per heavy atom. The number of halogens is 1. The van der Waals surface area contributed by atoms with Crippen LogP contribution in [0.1, 0.15) is 54.0 Å². The molecule has 2 atom stereocenters. The molecule has 0 saturated carbocycles. The zero-order valence-corrected chi connectivity index (χ0v) is 15.0. The van der Waals surface area contributed by atoms with Gasteiger partial charge in [0.1, 0.15) is 0 Å². The zero-order chi connectivity index (χ0) is 15.6. The largest absolute Gasteiger partial charge is 0.304 e. The predicted octanol–water partition coefficient (Wildman–Crippen LogP) is 5.18. The predicted molar refractivity (Wildman–Crippen MR) is 92.6 cm³/mol. The van der Waals surface area contributed by atoms with Crippen molar-refractivity contribution in [3.8, 4) is 0 Å². The van der Waals surface area contributed by atoms with Gasteiger partial charge in [0.05, 0.1) is 0 Å². The Kier molecular flexibility index (Phi) is 5.17. The van der Waals surface area contributed by atoms with E-state index in [0.29, 0.717) is 0 Å². The number of benzene rings is 1. The van der Waals surface area contributed by atoms with Crippen LogP contribution in [0.4, 0.5) is 0 Å². The molecule has 112 valence electrons. The molecule has 2 nitrogen and oxygen atoms in total. The van der Waals surface area contributed by atoms with Crippen LogP contribution < -0.4 is 5.32 Å². The van der Waals surface area contributed by atoms with E-state index in [1.54, 1.807) is 0 Å². The lowest BCUT2D eigenvalue weighted by atomic mass is 9.98. The molecule has 2 rings (SSSR count). The van der Waals surface area contributed by atoms with Crippen molar-refractivity contribution in [2.75, 3.05) is 0 Å². The topological polar surface area (TPSA) is 24.9 Å². The first kappa shape index (κ1) is 16.2. The van der Waals surface area contributed by atoms with Gasteiger partial charge in [-0.05, 0) is 69.5 Å². The molecular formula is C18H23BrN2. The van der Waals surface area contributed by atoms with Gasteiger partial charge in [0.15, 0.2) is 0 Å². The number of aryl methyl sites for hydroxylation is 3. The zero-order valence-electron chi connectivity index (χ0n) is 13.4. The molecule has 0 radical (unpaired) electrons. The van der Waals surface area contributed by atoms with Gasteiger partial charge in [-0.25, -0.2) is 0 Å². The lowest BCUT2D eigenvalue weighted by Gasteiger charge is -2.23. The van der Waals surface area contributed by atoms with Gasteiger partial charge in [-0.3, -0.25) is 4.98 Å². The molecule has 21 heavy (non-hydrogen) atoms. The summed E-state index contributed by atoms with van der Waals surface area (Å²) in [6.07, 6.45) is 0. The van der Waals surface area contributed by atoms with Crippen molar-refractivity contribution >= 4 is 15.9 Å². The summed E-state index contributed by atoms with van der Waals surface area (Å²) in [6, 6.07) is 11.2. The summed E-state index contributed by atoms with van der Waals surface area (Å²) in [6.45, 7) is 10.7. The van der Waals surface area contributed by atoms with Crippen LogP contribution in [0.5, 0.6) is 0 Å². The Labute approximate surface area is 136 Å². The van der Waals surface area contributed by atoms with E-state index in [4.69, 9.17) is 0 Å². The fourth-order valence-electron chi connectivity index (χ4n) is 3.02. The Balaban J connectivity index is 2.20. The lowest BCUT2D eigenvalue weighted by Crippen LogP contribution is -2.24. The van der Waals surface area contributed by atoms with Crippen molar-refractivity contribution < 1.29 is 0 Å². The summed E-state index contributed by atoms with van der Waals surface area (Å²) in [5.74, 6) is 0. The van der Waals surface area contributed by atoms with E-state index < -0.39 is 0 Å². The van der Waals surface area contributed by atoms with Crippen LogP contribution in [0, 0.1) is 20.8 Å². The SMILES string of the molecule is Cc1cc(C)c(C(C)N[C@@H](C)c2cccc(Br)c2)c(C)n1. The first-order chi connectivity index (χ1) is 9.88. The number of nitrogens with zero attached hydrogens (tertiary/aromatic N) is 1. The summed E-state index contributed by atoms with van der Waals surface area (Å²) < 4.78 is 1.12. The first-order valence-electron chi connectivity index (χ1n) is 7.34. The van der Waals surface area contributed by atoms with Crippen LogP contribution in [-0.4, -0.2) is 4.98 Å². The molecule has 0 aliphatic heterocycles. The third kappa shape index (κ3) is 3.92. The molecule has 0 aliphatic rings. The summed E-state index contributed by atoms with van der Waals surface area (Å²) in [5, 5.41) is 3.68. The molecule has 1 heterocycles. The maximum atomic E-state index is 4.60. The van der Waals surface area contributed by atoms with Crippen LogP contribution in [0.25, 0.3) is 0 Å². The molecule has 0 saturated heterocycles. The molecule has 0 spiro atoms. The summed E-state index contributed by atoms with van der Waals surface area (Å²) in [4.78, 5) is 4.60. The number of rotatable bonds is 4. The standard InChI is InChI=1S/C18H23BrN2/c1-11-9-12(2)20-14(4)18(11)15(5)21-13(3)16-7-6-8-17(19)10-16/h6-10,13,15,21H,1-5H3/t13-,15?/m0/s1. The maximum Gasteiger partial charge on any atom is 0.0426 e. The quantitative estimate of drug-likeness (QED) is 0.824. The summed E-state index contributed by atoms with van der Waals surface area (Å²) in [7, 11) is 0. The van der Waals surface area contributed by atoms with Gasteiger partial charge in [-0.1, -0.05) is 28.1 Å². The minimum Gasteiger partial charge on any atom is -0.304 e. The third-order valence-corrected chi connectivity index (χ3v) is 4.36. The van der Waals surface area contributed by atoms with Crippen molar-refractivity contribution in [2.24, 2.45) is 0 Å². The monoisotopic (exact) mass is 346 g/mol. The van der Waals surface area contributed by atoms with Crippen LogP contribution >= 0.6 is 15.9 Å². The molecule has 1 unspecified atom stereocenters. The van der Waals surface area contributed by atoms with Gasteiger partial charge in [-0.2, -0.15) is 0 Å². The molecule has 0 bridgehead atoms. The highest BCUT2D eigenvalue weighted by Crippen LogP contribution is 2.25. The van der Waals surface area contributed by atoms with Gasteiger partial charge in [-0.15, -0.1) is 0 Å². The number of hydrogen-bond acceptors (Lipinski definition) is 2. The minimum atomic E-state index is 0.270. The third-order valence-electron chi connectivity index (χ3n) is 3.87. The van der Waals surface area contributed by atoms with E-state index in [1.807, 2.05) is 6.92 Å². The van der Waals surface area contributed by atoms with Crippen LogP contribution in [0.2, 0.25) is 0 Å². The molecule has 0 amide bonds.